The van der Waals surface area contributed by atoms with Crippen molar-refractivity contribution < 1.29 is 10.4 Å². The molecule has 3 heteroatoms. The van der Waals surface area contributed by atoms with Crippen LogP contribution in [-0.4, -0.2) is 17.8 Å². The summed E-state index contributed by atoms with van der Waals surface area (Å²) < 4.78 is 0. The van der Waals surface area contributed by atoms with Crippen LogP contribution >= 0.6 is 11.3 Å². The monoisotopic (exact) mass is 200 g/mol. The highest BCUT2D eigenvalue weighted by atomic mass is 32.1. The van der Waals surface area contributed by atoms with E-state index in [-0.39, 0.29) is 6.61 Å². The van der Waals surface area contributed by atoms with Gasteiger partial charge in [0.15, 0.2) is 0 Å². The second kappa shape index (κ2) is 5.37. The zero-order chi connectivity index (χ0) is 9.68. The van der Waals surface area contributed by atoms with E-state index in [1.54, 1.807) is 0 Å². The first-order valence-electron chi connectivity index (χ1n) is 4.75. The lowest BCUT2D eigenvalue weighted by molar-refractivity contribution is -0.705. The molecule has 0 spiro atoms. The summed E-state index contributed by atoms with van der Waals surface area (Å²) in [6.07, 6.45) is 1.03. The molecule has 0 aromatic carbocycles. The highest BCUT2D eigenvalue weighted by Crippen LogP contribution is 2.13. The van der Waals surface area contributed by atoms with Crippen molar-refractivity contribution in [3.05, 3.63) is 21.9 Å². The van der Waals surface area contributed by atoms with Crippen LogP contribution in [0.3, 0.4) is 0 Å². The summed E-state index contributed by atoms with van der Waals surface area (Å²) >= 11 is 1.84. The van der Waals surface area contributed by atoms with Crippen LogP contribution in [0.1, 0.15) is 23.1 Å². The predicted molar refractivity (Wildman–Crippen MR) is 55.9 cm³/mol. The quantitative estimate of drug-likeness (QED) is 0.728. The Bertz CT molecular complexity index is 243. The fraction of sp³-hybridized carbons (Fsp3) is 0.600. The van der Waals surface area contributed by atoms with Crippen molar-refractivity contribution in [2.75, 3.05) is 6.61 Å². The maximum absolute atomic E-state index is 8.98. The summed E-state index contributed by atoms with van der Waals surface area (Å²) in [4.78, 5) is 2.75. The van der Waals surface area contributed by atoms with Crippen LogP contribution in [0.5, 0.6) is 0 Å². The molecule has 1 aromatic rings. The number of hydrogen-bond acceptors (Lipinski definition) is 2. The van der Waals surface area contributed by atoms with E-state index in [9.17, 15) is 0 Å². The molecule has 0 aliphatic carbocycles. The van der Waals surface area contributed by atoms with Crippen LogP contribution in [0.4, 0.5) is 0 Å². The molecule has 0 saturated carbocycles. The average Bonchev–Trinajstić information content (AvgIpc) is 2.53. The van der Waals surface area contributed by atoms with E-state index >= 15 is 0 Å². The van der Waals surface area contributed by atoms with Crippen molar-refractivity contribution in [2.24, 2.45) is 0 Å². The van der Waals surface area contributed by atoms with Crippen LogP contribution < -0.4 is 5.32 Å². The summed E-state index contributed by atoms with van der Waals surface area (Å²) in [7, 11) is 0. The largest absolute Gasteiger partial charge is 0.390 e. The van der Waals surface area contributed by atoms with E-state index in [1.165, 1.54) is 9.75 Å². The Balaban J connectivity index is 2.33. The van der Waals surface area contributed by atoms with E-state index in [4.69, 9.17) is 5.11 Å². The summed E-state index contributed by atoms with van der Waals surface area (Å²) in [5, 5.41) is 11.2. The van der Waals surface area contributed by atoms with E-state index in [0.29, 0.717) is 6.04 Å². The third-order valence-electron chi connectivity index (χ3n) is 2.21. The van der Waals surface area contributed by atoms with E-state index in [0.717, 1.165) is 13.0 Å². The van der Waals surface area contributed by atoms with Crippen molar-refractivity contribution >= 4 is 11.3 Å². The highest BCUT2D eigenvalue weighted by molar-refractivity contribution is 7.11. The zero-order valence-corrected chi connectivity index (χ0v) is 9.10. The Kier molecular flexibility index (Phi) is 4.42. The zero-order valence-electron chi connectivity index (χ0n) is 8.29. The summed E-state index contributed by atoms with van der Waals surface area (Å²) in [5.41, 5.74) is 0. The van der Waals surface area contributed by atoms with Crippen molar-refractivity contribution in [2.45, 2.75) is 32.9 Å². The van der Waals surface area contributed by atoms with E-state index in [2.05, 4.69) is 31.3 Å². The van der Waals surface area contributed by atoms with Crippen molar-refractivity contribution in [1.82, 2.24) is 0 Å². The van der Waals surface area contributed by atoms with E-state index < -0.39 is 0 Å². The number of hydrogen-bond donors (Lipinski definition) is 2. The molecule has 0 aliphatic rings. The van der Waals surface area contributed by atoms with Gasteiger partial charge in [-0.05, 0) is 25.5 Å². The first-order chi connectivity index (χ1) is 6.26. The molecule has 1 aromatic heterocycles. The standard InChI is InChI=1S/C10H17NOS/c1-3-9(7-12)11-6-10-5-4-8(2)13-10/h4-5,9,11-12H,3,6-7H2,1-2H3/p+1/t9-/m1/s1. The molecule has 0 saturated heterocycles. The van der Waals surface area contributed by atoms with Gasteiger partial charge in [-0.1, -0.05) is 6.92 Å². The average molecular weight is 200 g/mol. The molecule has 13 heavy (non-hydrogen) atoms. The van der Waals surface area contributed by atoms with Gasteiger partial charge in [0.1, 0.15) is 12.6 Å². The van der Waals surface area contributed by atoms with Gasteiger partial charge in [-0.3, -0.25) is 0 Å². The number of quaternary nitrogens is 1. The van der Waals surface area contributed by atoms with Crippen LogP contribution in [0, 0.1) is 6.92 Å². The maximum atomic E-state index is 8.98. The molecule has 1 rings (SSSR count). The topological polar surface area (TPSA) is 36.8 Å². The van der Waals surface area contributed by atoms with Crippen molar-refractivity contribution in [3.8, 4) is 0 Å². The predicted octanol–water partition coefficient (Wildman–Crippen LogP) is 0.891. The second-order valence-electron chi connectivity index (χ2n) is 3.30. The van der Waals surface area contributed by atoms with Crippen LogP contribution in [0.25, 0.3) is 0 Å². The van der Waals surface area contributed by atoms with Crippen molar-refractivity contribution in [3.63, 3.8) is 0 Å². The highest BCUT2D eigenvalue weighted by Gasteiger charge is 2.07. The lowest BCUT2D eigenvalue weighted by atomic mass is 10.2. The third kappa shape index (κ3) is 3.46. The molecule has 1 heterocycles. The molecule has 74 valence electrons. The molecular weight excluding hydrogens is 182 g/mol. The summed E-state index contributed by atoms with van der Waals surface area (Å²) in [6, 6.07) is 4.68. The summed E-state index contributed by atoms with van der Waals surface area (Å²) in [5.74, 6) is 0. The molecule has 3 N–H and O–H groups in total. The second-order valence-corrected chi connectivity index (χ2v) is 4.68. The van der Waals surface area contributed by atoms with Gasteiger partial charge in [-0.2, -0.15) is 0 Å². The normalized spacial score (nSPS) is 13.2. The Morgan fingerprint density at radius 3 is 2.77 bits per heavy atom. The molecule has 2 nitrogen and oxygen atoms in total. The molecule has 1 atom stereocenters. The summed E-state index contributed by atoms with van der Waals surface area (Å²) in [6.45, 7) is 5.51. The number of thiophene rings is 1. The van der Waals surface area contributed by atoms with Gasteiger partial charge in [0, 0.05) is 4.88 Å². The maximum Gasteiger partial charge on any atom is 0.111 e. The molecule has 0 fully saturated rings. The van der Waals surface area contributed by atoms with Gasteiger partial charge in [0.2, 0.25) is 0 Å². The number of rotatable bonds is 5. The Morgan fingerprint density at radius 1 is 1.54 bits per heavy atom. The van der Waals surface area contributed by atoms with Crippen LogP contribution in [-0.2, 0) is 6.54 Å². The van der Waals surface area contributed by atoms with Crippen LogP contribution in [0.2, 0.25) is 0 Å². The third-order valence-corrected chi connectivity index (χ3v) is 3.23. The molecule has 0 radical (unpaired) electrons. The Labute approximate surface area is 83.6 Å². The first-order valence-corrected chi connectivity index (χ1v) is 5.57. The minimum atomic E-state index is 0.279. The first kappa shape index (κ1) is 10.7. The number of aliphatic hydroxyl groups excluding tert-OH is 1. The van der Waals surface area contributed by atoms with E-state index in [1.807, 2.05) is 11.3 Å². The lowest BCUT2D eigenvalue weighted by Crippen LogP contribution is -2.89. The number of nitrogens with two attached hydrogens (primary N) is 1. The fourth-order valence-electron chi connectivity index (χ4n) is 1.25. The minimum absolute atomic E-state index is 0.279. The smallest absolute Gasteiger partial charge is 0.111 e. The fourth-order valence-corrected chi connectivity index (χ4v) is 2.11. The van der Waals surface area contributed by atoms with Gasteiger partial charge in [-0.25, -0.2) is 0 Å². The molecule has 0 unspecified atom stereocenters. The van der Waals surface area contributed by atoms with Gasteiger partial charge in [0.25, 0.3) is 0 Å². The molecule has 0 aliphatic heterocycles. The number of aryl methyl sites for hydroxylation is 1. The van der Waals surface area contributed by atoms with Gasteiger partial charge < -0.3 is 10.4 Å². The lowest BCUT2D eigenvalue weighted by Gasteiger charge is -2.08. The molecule has 0 amide bonds. The van der Waals surface area contributed by atoms with Gasteiger partial charge >= 0.3 is 0 Å². The SMILES string of the molecule is CC[C@H](CO)[NH2+]Cc1ccc(C)s1. The van der Waals surface area contributed by atoms with Crippen molar-refractivity contribution in [1.29, 1.82) is 0 Å². The Morgan fingerprint density at radius 2 is 2.31 bits per heavy atom. The van der Waals surface area contributed by atoms with Gasteiger partial charge in [-0.15, -0.1) is 11.3 Å². The molecule has 0 bridgehead atoms. The Hall–Kier alpha value is -0.380. The molecular formula is C10H18NOS+. The van der Waals surface area contributed by atoms with Crippen LogP contribution in [0.15, 0.2) is 12.1 Å². The number of aliphatic hydroxyl groups is 1. The van der Waals surface area contributed by atoms with Gasteiger partial charge in [0.05, 0.1) is 11.5 Å². The minimum Gasteiger partial charge on any atom is -0.390 e.